The quantitative estimate of drug-likeness (QED) is 0.584. The minimum atomic E-state index is -0.316. The summed E-state index contributed by atoms with van der Waals surface area (Å²) in [5, 5.41) is 14.6. The number of furan rings is 1. The van der Waals surface area contributed by atoms with Crippen molar-refractivity contribution in [1.29, 1.82) is 0 Å². The summed E-state index contributed by atoms with van der Waals surface area (Å²) >= 11 is 0. The number of rotatable bonds is 3. The van der Waals surface area contributed by atoms with E-state index in [1.54, 1.807) is 54.6 Å². The fraction of sp³-hybridized carbons (Fsp3) is 0. The van der Waals surface area contributed by atoms with Crippen LogP contribution in [-0.2, 0) is 0 Å². The lowest BCUT2D eigenvalue weighted by atomic mass is 10.2. The standard InChI is InChI=1S/C19H13N3O3/c23-16-9-4-1-6-13(16)12-20-22-18(17-10-5-11-25-17)21-15-8-3-2-7-14(15)19(22)24/h1-12,23H. The molecule has 6 nitrogen and oxygen atoms in total. The summed E-state index contributed by atoms with van der Waals surface area (Å²) in [4.78, 5) is 17.4. The molecule has 2 heterocycles. The Kier molecular flexibility index (Phi) is 3.63. The van der Waals surface area contributed by atoms with Crippen LogP contribution in [0.25, 0.3) is 22.5 Å². The Balaban J connectivity index is 1.95. The van der Waals surface area contributed by atoms with Gasteiger partial charge in [0.15, 0.2) is 5.76 Å². The molecule has 0 fully saturated rings. The monoisotopic (exact) mass is 331 g/mol. The Morgan fingerprint density at radius 2 is 1.84 bits per heavy atom. The van der Waals surface area contributed by atoms with Crippen LogP contribution in [-0.4, -0.2) is 21.0 Å². The highest BCUT2D eigenvalue weighted by atomic mass is 16.3. The van der Waals surface area contributed by atoms with Crippen molar-refractivity contribution < 1.29 is 9.52 Å². The van der Waals surface area contributed by atoms with Gasteiger partial charge in [-0.15, -0.1) is 0 Å². The van der Waals surface area contributed by atoms with Gasteiger partial charge < -0.3 is 9.52 Å². The van der Waals surface area contributed by atoms with Crippen molar-refractivity contribution in [2.75, 3.05) is 0 Å². The highest BCUT2D eigenvalue weighted by Gasteiger charge is 2.14. The SMILES string of the molecule is O=c1c2ccccc2nc(-c2ccco2)n1N=Cc1ccccc1O. The van der Waals surface area contributed by atoms with Crippen LogP contribution < -0.4 is 5.56 Å². The van der Waals surface area contributed by atoms with Gasteiger partial charge in [-0.25, -0.2) is 4.98 Å². The number of fused-ring (bicyclic) bond motifs is 1. The van der Waals surface area contributed by atoms with Crippen LogP contribution in [0.2, 0.25) is 0 Å². The molecule has 4 aromatic rings. The van der Waals surface area contributed by atoms with E-state index in [1.165, 1.54) is 17.2 Å². The fourth-order valence-electron chi connectivity index (χ4n) is 2.51. The molecule has 2 aromatic heterocycles. The van der Waals surface area contributed by atoms with Crippen molar-refractivity contribution in [1.82, 2.24) is 9.66 Å². The second-order valence-electron chi connectivity index (χ2n) is 5.35. The zero-order valence-electron chi connectivity index (χ0n) is 13.0. The van der Waals surface area contributed by atoms with E-state index >= 15 is 0 Å². The van der Waals surface area contributed by atoms with Crippen molar-refractivity contribution in [2.45, 2.75) is 0 Å². The fourth-order valence-corrected chi connectivity index (χ4v) is 2.51. The zero-order valence-corrected chi connectivity index (χ0v) is 13.0. The molecule has 2 aromatic carbocycles. The first-order valence-electron chi connectivity index (χ1n) is 7.62. The molecule has 0 saturated heterocycles. The summed E-state index contributed by atoms with van der Waals surface area (Å²) in [6.07, 6.45) is 2.92. The molecule has 0 amide bonds. The maximum atomic E-state index is 12.9. The van der Waals surface area contributed by atoms with E-state index in [-0.39, 0.29) is 11.3 Å². The van der Waals surface area contributed by atoms with Gasteiger partial charge in [-0.3, -0.25) is 4.79 Å². The molecule has 4 rings (SSSR count). The molecule has 0 aliphatic rings. The lowest BCUT2D eigenvalue weighted by Gasteiger charge is -2.07. The van der Waals surface area contributed by atoms with Gasteiger partial charge in [0.1, 0.15) is 5.75 Å². The summed E-state index contributed by atoms with van der Waals surface area (Å²) in [7, 11) is 0. The molecule has 0 unspecified atom stereocenters. The maximum absolute atomic E-state index is 12.9. The first kappa shape index (κ1) is 14.9. The van der Waals surface area contributed by atoms with Gasteiger partial charge in [0, 0.05) is 5.56 Å². The topological polar surface area (TPSA) is 80.6 Å². The highest BCUT2D eigenvalue weighted by molar-refractivity contribution is 5.84. The molecule has 0 aliphatic heterocycles. The summed E-state index contributed by atoms with van der Waals surface area (Å²) in [5.74, 6) is 0.797. The summed E-state index contributed by atoms with van der Waals surface area (Å²) in [6, 6.07) is 17.2. The van der Waals surface area contributed by atoms with Gasteiger partial charge in [-0.2, -0.15) is 9.78 Å². The number of nitrogens with zero attached hydrogens (tertiary/aromatic N) is 3. The second-order valence-corrected chi connectivity index (χ2v) is 5.35. The average Bonchev–Trinajstić information content (AvgIpc) is 3.17. The van der Waals surface area contributed by atoms with E-state index in [1.807, 2.05) is 6.07 Å². The largest absolute Gasteiger partial charge is 0.507 e. The number of phenolic OH excluding ortho intramolecular Hbond substituents is 1. The first-order chi connectivity index (χ1) is 12.2. The Morgan fingerprint density at radius 3 is 2.64 bits per heavy atom. The van der Waals surface area contributed by atoms with Crippen LogP contribution in [0.1, 0.15) is 5.56 Å². The molecule has 0 aliphatic carbocycles. The third-order valence-corrected chi connectivity index (χ3v) is 3.74. The van der Waals surface area contributed by atoms with Crippen molar-refractivity contribution in [3.8, 4) is 17.3 Å². The predicted molar refractivity (Wildman–Crippen MR) is 94.8 cm³/mol. The van der Waals surface area contributed by atoms with Crippen molar-refractivity contribution >= 4 is 17.1 Å². The van der Waals surface area contributed by atoms with Crippen LogP contribution >= 0.6 is 0 Å². The smallest absolute Gasteiger partial charge is 0.282 e. The Bertz CT molecular complexity index is 1130. The van der Waals surface area contributed by atoms with Crippen molar-refractivity contribution in [3.63, 3.8) is 0 Å². The van der Waals surface area contributed by atoms with Crippen molar-refractivity contribution in [2.24, 2.45) is 5.10 Å². The molecule has 1 N–H and O–H groups in total. The van der Waals surface area contributed by atoms with Crippen LogP contribution in [0, 0.1) is 0 Å². The predicted octanol–water partition coefficient (Wildman–Crippen LogP) is 3.24. The van der Waals surface area contributed by atoms with Gasteiger partial charge >= 0.3 is 0 Å². The van der Waals surface area contributed by atoms with E-state index in [2.05, 4.69) is 10.1 Å². The molecule has 6 heteroatoms. The molecule has 122 valence electrons. The second kappa shape index (κ2) is 6.09. The third kappa shape index (κ3) is 2.70. The number of aromatic nitrogens is 2. The normalized spacial score (nSPS) is 11.4. The zero-order chi connectivity index (χ0) is 17.2. The summed E-state index contributed by atoms with van der Waals surface area (Å²) < 4.78 is 6.57. The van der Waals surface area contributed by atoms with Crippen LogP contribution in [0.4, 0.5) is 0 Å². The number of aromatic hydroxyl groups is 1. The molecule has 0 radical (unpaired) electrons. The van der Waals surface area contributed by atoms with Crippen molar-refractivity contribution in [3.05, 3.63) is 82.8 Å². The number of benzene rings is 2. The van der Waals surface area contributed by atoms with E-state index in [0.717, 1.165) is 0 Å². The number of hydrogen-bond donors (Lipinski definition) is 1. The Labute approximate surface area is 142 Å². The summed E-state index contributed by atoms with van der Waals surface area (Å²) in [5.41, 5.74) is 0.740. The lowest BCUT2D eigenvalue weighted by molar-refractivity contribution is 0.474. The number of para-hydroxylation sites is 2. The molecule has 25 heavy (non-hydrogen) atoms. The van der Waals surface area contributed by atoms with E-state index in [0.29, 0.717) is 28.1 Å². The molecule has 0 saturated carbocycles. The van der Waals surface area contributed by atoms with E-state index in [9.17, 15) is 9.90 Å². The van der Waals surface area contributed by atoms with Crippen LogP contribution in [0.3, 0.4) is 0 Å². The Morgan fingerprint density at radius 1 is 1.04 bits per heavy atom. The van der Waals surface area contributed by atoms with Crippen LogP contribution in [0.15, 0.2) is 81.2 Å². The maximum Gasteiger partial charge on any atom is 0.282 e. The van der Waals surface area contributed by atoms with Gasteiger partial charge in [0.05, 0.1) is 23.4 Å². The molecule has 0 bridgehead atoms. The average molecular weight is 331 g/mol. The third-order valence-electron chi connectivity index (χ3n) is 3.74. The minimum Gasteiger partial charge on any atom is -0.507 e. The molecular weight excluding hydrogens is 318 g/mol. The van der Waals surface area contributed by atoms with Crippen LogP contribution in [0.5, 0.6) is 5.75 Å². The van der Waals surface area contributed by atoms with E-state index < -0.39 is 0 Å². The van der Waals surface area contributed by atoms with Gasteiger partial charge in [0.25, 0.3) is 5.56 Å². The Hall–Kier alpha value is -3.67. The van der Waals surface area contributed by atoms with E-state index in [4.69, 9.17) is 4.42 Å². The van der Waals surface area contributed by atoms with Gasteiger partial charge in [-0.05, 0) is 36.4 Å². The van der Waals surface area contributed by atoms with Gasteiger partial charge in [0.2, 0.25) is 5.82 Å². The first-order valence-corrected chi connectivity index (χ1v) is 7.62. The number of hydrogen-bond acceptors (Lipinski definition) is 5. The lowest BCUT2D eigenvalue weighted by Crippen LogP contribution is -2.20. The molecule has 0 spiro atoms. The summed E-state index contributed by atoms with van der Waals surface area (Å²) in [6.45, 7) is 0. The molecule has 0 atom stereocenters. The molecular formula is C19H13N3O3. The minimum absolute atomic E-state index is 0.0765. The number of phenols is 1. The van der Waals surface area contributed by atoms with Gasteiger partial charge in [-0.1, -0.05) is 24.3 Å². The highest BCUT2D eigenvalue weighted by Crippen LogP contribution is 2.19.